The Bertz CT molecular complexity index is 1980. The van der Waals surface area contributed by atoms with Crippen LogP contribution in [0.3, 0.4) is 0 Å². The van der Waals surface area contributed by atoms with E-state index in [1.54, 1.807) is 30.4 Å². The van der Waals surface area contributed by atoms with Gasteiger partial charge in [-0.05, 0) is 50.5 Å². The van der Waals surface area contributed by atoms with Crippen LogP contribution < -0.4 is 11.4 Å². The first kappa shape index (κ1) is 66.8. The summed E-state index contributed by atoms with van der Waals surface area (Å²) >= 11 is 0. The molecule has 1 aromatic heterocycles. The predicted molar refractivity (Wildman–Crippen MR) is 282 cm³/mol. The Kier molecular flexibility index (Phi) is 35.2. The molecule has 1 fully saturated rings. The number of nitrogens with zero attached hydrogens (tertiary/aromatic N) is 2. The van der Waals surface area contributed by atoms with E-state index in [9.17, 15) is 53.7 Å². The average molecular weight is 1090 g/mol. The van der Waals surface area contributed by atoms with Gasteiger partial charge in [0.1, 0.15) is 30.7 Å². The van der Waals surface area contributed by atoms with E-state index >= 15 is 0 Å². The minimum atomic E-state index is -5.49. The van der Waals surface area contributed by atoms with Crippen LogP contribution >= 0.6 is 15.6 Å². The Hall–Kier alpha value is -3.36. The molecule has 74 heavy (non-hydrogen) atoms. The van der Waals surface area contributed by atoms with E-state index in [1.165, 1.54) is 82.8 Å². The summed E-state index contributed by atoms with van der Waals surface area (Å²) in [5.41, 5.74) is 4.57. The fraction of sp³-hybridized carbons (Fsp3) is 0.731. The van der Waals surface area contributed by atoms with E-state index in [1.807, 2.05) is 6.08 Å². The Morgan fingerprint density at radius 1 is 0.743 bits per heavy atom. The van der Waals surface area contributed by atoms with Gasteiger partial charge >= 0.3 is 33.3 Å². The SMILES string of the molecule is CCCCC/C=C\C[C@H](O)/C=C/C=C/C=C\[C@H](O)CCCC(=O)O[C@H](COC(=O)CCCCCCCCCCCCCCCCC(C)C)COP(=O)(O)OP(=O)(O)OC[C@H]1O[C@@H](n2ccc(N)nc2=O)[C@H](O)[C@@H]1O. The predicted octanol–water partition coefficient (Wildman–Crippen LogP) is 9.14. The highest BCUT2D eigenvalue weighted by Gasteiger charge is 2.46. The first-order valence-corrected chi connectivity index (χ1v) is 29.7. The van der Waals surface area contributed by atoms with E-state index in [2.05, 4.69) is 36.1 Å². The second-order valence-corrected chi connectivity index (χ2v) is 22.3. The number of nitrogen functional groups attached to an aromatic ring is 1. The summed E-state index contributed by atoms with van der Waals surface area (Å²) in [5, 5.41) is 41.4. The number of aromatic nitrogens is 2. The highest BCUT2D eigenvalue weighted by Crippen LogP contribution is 2.60. The molecule has 0 aromatic carbocycles. The minimum absolute atomic E-state index is 0.0755. The molecule has 20 nitrogen and oxygen atoms in total. The number of carbonyl (C=O) groups is 2. The number of esters is 2. The summed E-state index contributed by atoms with van der Waals surface area (Å²) in [6, 6.07) is 1.23. The molecule has 0 aliphatic carbocycles. The molecule has 424 valence electrons. The van der Waals surface area contributed by atoms with Crippen molar-refractivity contribution in [3.63, 3.8) is 0 Å². The number of unbranched alkanes of at least 4 members (excludes halogenated alkanes) is 16. The molecule has 0 bridgehead atoms. The number of anilines is 1. The summed E-state index contributed by atoms with van der Waals surface area (Å²) < 4.78 is 56.6. The van der Waals surface area contributed by atoms with E-state index in [0.717, 1.165) is 61.6 Å². The van der Waals surface area contributed by atoms with Gasteiger partial charge in [-0.3, -0.25) is 23.2 Å². The molecule has 1 aliphatic heterocycles. The van der Waals surface area contributed by atoms with Crippen LogP contribution in [0.5, 0.6) is 0 Å². The first-order valence-electron chi connectivity index (χ1n) is 26.7. The average Bonchev–Trinajstić information content (AvgIpc) is 3.62. The van der Waals surface area contributed by atoms with Crippen LogP contribution in [0, 0.1) is 5.92 Å². The van der Waals surface area contributed by atoms with Crippen molar-refractivity contribution in [2.24, 2.45) is 5.92 Å². The highest BCUT2D eigenvalue weighted by molar-refractivity contribution is 7.61. The number of aliphatic hydroxyl groups excluding tert-OH is 4. The molecule has 2 unspecified atom stereocenters. The van der Waals surface area contributed by atoms with Crippen molar-refractivity contribution >= 4 is 33.4 Å². The fourth-order valence-electron chi connectivity index (χ4n) is 7.81. The monoisotopic (exact) mass is 1090 g/mol. The van der Waals surface area contributed by atoms with Gasteiger partial charge in [0, 0.05) is 19.0 Å². The Balaban J connectivity index is 1.85. The van der Waals surface area contributed by atoms with Gasteiger partial charge in [-0.15, -0.1) is 0 Å². The minimum Gasteiger partial charge on any atom is -0.462 e. The van der Waals surface area contributed by atoms with Crippen molar-refractivity contribution in [3.8, 4) is 0 Å². The molecule has 0 saturated carbocycles. The van der Waals surface area contributed by atoms with Gasteiger partial charge in [0.25, 0.3) is 0 Å². The van der Waals surface area contributed by atoms with Crippen LogP contribution in [0.1, 0.15) is 181 Å². The number of nitrogens with two attached hydrogens (primary N) is 1. The molecule has 22 heteroatoms. The van der Waals surface area contributed by atoms with Gasteiger partial charge < -0.3 is 50.2 Å². The van der Waals surface area contributed by atoms with Gasteiger partial charge in [-0.25, -0.2) is 13.9 Å². The van der Waals surface area contributed by atoms with Crippen LogP contribution in [0.2, 0.25) is 0 Å². The summed E-state index contributed by atoms with van der Waals surface area (Å²) in [6.07, 6.45) is 28.1. The lowest BCUT2D eigenvalue weighted by atomic mass is 10.0. The zero-order valence-electron chi connectivity index (χ0n) is 44.0. The second kappa shape index (κ2) is 39.1. The standard InChI is InChI=1S/C52H89N3O17P2/c1-4-5-6-7-19-24-30-42(56)31-25-21-22-26-32-43(57)33-28-35-48(59)70-44(38-67-47(58)34-27-20-17-15-13-11-9-8-10-12-14-16-18-23-29-41(2)3)39-68-73(63,64)72-74(65,66)69-40-45-49(60)50(61)51(71-45)55-37-36-46(53)54-52(55)62/h19,21-22,24-26,31-32,36-37,41-45,49-51,56-57,60-61H,4-18,20,23,27-30,33-35,38-40H2,1-3H3,(H,63,64)(H,65,66)(H2,53,54,62)/b22-21+,24-19-,31-25+,32-26-/t42-,43-,44+,45+,49+,50+,51+/m0/s1. The highest BCUT2D eigenvalue weighted by atomic mass is 31.3. The number of ether oxygens (including phenoxy) is 3. The molecule has 2 heterocycles. The number of carbonyl (C=O) groups excluding carboxylic acids is 2. The van der Waals surface area contributed by atoms with Crippen LogP contribution in [0.15, 0.2) is 65.7 Å². The van der Waals surface area contributed by atoms with Crippen molar-refractivity contribution in [2.45, 2.75) is 218 Å². The molecule has 1 aliphatic rings. The third-order valence-electron chi connectivity index (χ3n) is 12.0. The number of rotatable bonds is 43. The van der Waals surface area contributed by atoms with Gasteiger partial charge in [-0.2, -0.15) is 9.29 Å². The summed E-state index contributed by atoms with van der Waals surface area (Å²) in [6.45, 7) is 4.19. The van der Waals surface area contributed by atoms with Crippen molar-refractivity contribution in [1.29, 1.82) is 0 Å². The Morgan fingerprint density at radius 2 is 1.32 bits per heavy atom. The van der Waals surface area contributed by atoms with E-state index < -0.39 is 95.9 Å². The van der Waals surface area contributed by atoms with Crippen molar-refractivity contribution in [1.82, 2.24) is 9.55 Å². The smallest absolute Gasteiger partial charge is 0.462 e. The second-order valence-electron chi connectivity index (χ2n) is 19.3. The van der Waals surface area contributed by atoms with Crippen LogP contribution in [-0.2, 0) is 46.3 Å². The molecular weight excluding hydrogens is 1000 g/mol. The van der Waals surface area contributed by atoms with Crippen LogP contribution in [0.4, 0.5) is 5.82 Å². The summed E-state index contributed by atoms with van der Waals surface area (Å²) in [7, 11) is -11.0. The molecular formula is C52H89N3O17P2. The molecule has 1 aromatic rings. The number of allylic oxidation sites excluding steroid dienone is 5. The molecule has 9 atom stereocenters. The zero-order chi connectivity index (χ0) is 54.6. The maximum absolute atomic E-state index is 12.9. The summed E-state index contributed by atoms with van der Waals surface area (Å²) in [4.78, 5) is 62.0. The largest absolute Gasteiger partial charge is 0.481 e. The lowest BCUT2D eigenvalue weighted by Gasteiger charge is -2.21. The van der Waals surface area contributed by atoms with Gasteiger partial charge in [0.2, 0.25) is 0 Å². The molecule has 0 amide bonds. The molecule has 0 spiro atoms. The normalized spacial score (nSPS) is 20.2. The van der Waals surface area contributed by atoms with Crippen molar-refractivity contribution in [2.75, 3.05) is 25.6 Å². The van der Waals surface area contributed by atoms with Gasteiger partial charge in [0.15, 0.2) is 12.3 Å². The number of hydrogen-bond donors (Lipinski definition) is 7. The summed E-state index contributed by atoms with van der Waals surface area (Å²) in [5.74, 6) is -0.763. The topological polar surface area (TPSA) is 306 Å². The lowest BCUT2D eigenvalue weighted by molar-refractivity contribution is -0.161. The maximum atomic E-state index is 12.9. The van der Waals surface area contributed by atoms with Crippen LogP contribution in [0.25, 0.3) is 0 Å². The molecule has 2 rings (SSSR count). The number of phosphoric ester groups is 2. The third kappa shape index (κ3) is 32.3. The number of aliphatic hydroxyl groups is 4. The maximum Gasteiger partial charge on any atom is 0.481 e. The van der Waals surface area contributed by atoms with Crippen LogP contribution in [-0.4, -0.2) is 108 Å². The number of phosphoric acid groups is 2. The van der Waals surface area contributed by atoms with Gasteiger partial charge in [0.05, 0.1) is 25.4 Å². The zero-order valence-corrected chi connectivity index (χ0v) is 45.8. The van der Waals surface area contributed by atoms with Crippen molar-refractivity contribution < 1.29 is 76.5 Å². The molecule has 8 N–H and O–H groups in total. The molecule has 0 radical (unpaired) electrons. The lowest BCUT2D eigenvalue weighted by Crippen LogP contribution is -2.36. The number of hydrogen-bond acceptors (Lipinski definition) is 17. The Labute approximate surface area is 438 Å². The van der Waals surface area contributed by atoms with E-state index in [4.69, 9.17) is 29.0 Å². The quantitative estimate of drug-likeness (QED) is 0.0105. The Morgan fingerprint density at radius 3 is 1.93 bits per heavy atom. The van der Waals surface area contributed by atoms with E-state index in [-0.39, 0.29) is 31.5 Å². The van der Waals surface area contributed by atoms with Gasteiger partial charge in [-0.1, -0.05) is 172 Å². The van der Waals surface area contributed by atoms with Crippen molar-refractivity contribution in [3.05, 3.63) is 71.4 Å². The fourth-order valence-corrected chi connectivity index (χ4v) is 9.92. The van der Waals surface area contributed by atoms with E-state index in [0.29, 0.717) is 12.8 Å². The molecule has 1 saturated heterocycles. The first-order chi connectivity index (χ1) is 35.3. The third-order valence-corrected chi connectivity index (χ3v) is 14.6.